The summed E-state index contributed by atoms with van der Waals surface area (Å²) in [5, 5.41) is 3.64. The molecule has 0 amide bonds. The number of hydrogen-bond acceptors (Lipinski definition) is 2. The standard InChI is InChI=1S/C17H23NS/c1-5-18-17(16-10-13(3)19-14(16)4)11-15-9-7-6-8-12(15)2/h6-10,17-18H,5,11H2,1-4H3. The van der Waals surface area contributed by atoms with E-state index in [2.05, 4.69) is 63.3 Å². The molecule has 1 atom stereocenters. The molecule has 19 heavy (non-hydrogen) atoms. The molecule has 0 fully saturated rings. The molecule has 0 aliphatic carbocycles. The number of likely N-dealkylation sites (N-methyl/N-ethyl adjacent to an activating group) is 1. The maximum atomic E-state index is 3.64. The first-order valence-corrected chi connectivity index (χ1v) is 7.78. The third-order valence-electron chi connectivity index (χ3n) is 3.59. The molecule has 0 aliphatic rings. The summed E-state index contributed by atoms with van der Waals surface area (Å²) in [6, 6.07) is 11.5. The molecule has 0 spiro atoms. The van der Waals surface area contributed by atoms with E-state index in [0.717, 1.165) is 13.0 Å². The van der Waals surface area contributed by atoms with Gasteiger partial charge in [-0.1, -0.05) is 31.2 Å². The van der Waals surface area contributed by atoms with Crippen molar-refractivity contribution in [2.75, 3.05) is 6.54 Å². The molecule has 0 saturated heterocycles. The van der Waals surface area contributed by atoms with Crippen molar-refractivity contribution in [1.29, 1.82) is 0 Å². The van der Waals surface area contributed by atoms with Gasteiger partial charge < -0.3 is 5.32 Å². The second kappa shape index (κ2) is 6.36. The van der Waals surface area contributed by atoms with Gasteiger partial charge in [0.2, 0.25) is 0 Å². The van der Waals surface area contributed by atoms with Crippen LogP contribution < -0.4 is 5.32 Å². The van der Waals surface area contributed by atoms with Gasteiger partial charge in [-0.2, -0.15) is 0 Å². The normalized spacial score (nSPS) is 12.6. The van der Waals surface area contributed by atoms with E-state index in [1.54, 1.807) is 0 Å². The van der Waals surface area contributed by atoms with Crippen LogP contribution in [0.5, 0.6) is 0 Å². The summed E-state index contributed by atoms with van der Waals surface area (Å²) >= 11 is 1.90. The van der Waals surface area contributed by atoms with E-state index in [4.69, 9.17) is 0 Å². The minimum absolute atomic E-state index is 0.427. The molecule has 1 N–H and O–H groups in total. The van der Waals surface area contributed by atoms with Gasteiger partial charge in [-0.15, -0.1) is 11.3 Å². The number of hydrogen-bond donors (Lipinski definition) is 1. The lowest BCUT2D eigenvalue weighted by atomic mass is 9.96. The third kappa shape index (κ3) is 3.46. The summed E-state index contributed by atoms with van der Waals surface area (Å²) in [6.45, 7) is 9.81. The van der Waals surface area contributed by atoms with Gasteiger partial charge in [0.1, 0.15) is 0 Å². The van der Waals surface area contributed by atoms with Crippen LogP contribution in [0.3, 0.4) is 0 Å². The first-order chi connectivity index (χ1) is 9.11. The Morgan fingerprint density at radius 3 is 2.47 bits per heavy atom. The lowest BCUT2D eigenvalue weighted by Gasteiger charge is -2.19. The van der Waals surface area contributed by atoms with Crippen molar-refractivity contribution in [3.8, 4) is 0 Å². The van der Waals surface area contributed by atoms with Gasteiger partial charge in [-0.05, 0) is 56.5 Å². The van der Waals surface area contributed by atoms with Crippen molar-refractivity contribution in [2.24, 2.45) is 0 Å². The molecule has 2 aromatic rings. The monoisotopic (exact) mass is 273 g/mol. The van der Waals surface area contributed by atoms with E-state index in [0.29, 0.717) is 6.04 Å². The topological polar surface area (TPSA) is 12.0 Å². The highest BCUT2D eigenvalue weighted by molar-refractivity contribution is 7.12. The Balaban J connectivity index is 2.26. The quantitative estimate of drug-likeness (QED) is 0.841. The van der Waals surface area contributed by atoms with Crippen molar-refractivity contribution in [1.82, 2.24) is 5.32 Å². The van der Waals surface area contributed by atoms with Crippen LogP contribution in [-0.2, 0) is 6.42 Å². The van der Waals surface area contributed by atoms with Gasteiger partial charge in [0.15, 0.2) is 0 Å². The zero-order chi connectivity index (χ0) is 13.8. The van der Waals surface area contributed by atoms with E-state index >= 15 is 0 Å². The smallest absolute Gasteiger partial charge is 0.0371 e. The summed E-state index contributed by atoms with van der Waals surface area (Å²) in [7, 11) is 0. The van der Waals surface area contributed by atoms with Crippen molar-refractivity contribution < 1.29 is 0 Å². The Labute approximate surface area is 120 Å². The Hall–Kier alpha value is -1.12. The first kappa shape index (κ1) is 14.3. The average Bonchev–Trinajstić information content (AvgIpc) is 2.70. The fourth-order valence-electron chi connectivity index (χ4n) is 2.59. The van der Waals surface area contributed by atoms with Crippen molar-refractivity contribution in [2.45, 2.75) is 40.2 Å². The van der Waals surface area contributed by atoms with E-state index in [1.807, 2.05) is 11.3 Å². The van der Waals surface area contributed by atoms with Crippen LogP contribution in [0.4, 0.5) is 0 Å². The summed E-state index contributed by atoms with van der Waals surface area (Å²) in [5.74, 6) is 0. The van der Waals surface area contributed by atoms with Crippen LogP contribution in [0.1, 0.15) is 39.4 Å². The summed E-state index contributed by atoms with van der Waals surface area (Å²) < 4.78 is 0. The van der Waals surface area contributed by atoms with Gasteiger partial charge in [0.25, 0.3) is 0 Å². The van der Waals surface area contributed by atoms with Crippen LogP contribution in [-0.4, -0.2) is 6.54 Å². The van der Waals surface area contributed by atoms with E-state index in [9.17, 15) is 0 Å². The molecule has 0 aliphatic heterocycles. The molecular formula is C17H23NS. The maximum absolute atomic E-state index is 3.64. The second-order valence-electron chi connectivity index (χ2n) is 5.11. The number of aryl methyl sites for hydroxylation is 3. The third-order valence-corrected chi connectivity index (χ3v) is 4.57. The van der Waals surface area contributed by atoms with Gasteiger partial charge in [-0.25, -0.2) is 0 Å². The zero-order valence-corrected chi connectivity index (χ0v) is 13.1. The second-order valence-corrected chi connectivity index (χ2v) is 6.57. The molecule has 0 bridgehead atoms. The van der Waals surface area contributed by atoms with Crippen LogP contribution >= 0.6 is 11.3 Å². The average molecular weight is 273 g/mol. The largest absolute Gasteiger partial charge is 0.310 e. The summed E-state index contributed by atoms with van der Waals surface area (Å²) in [4.78, 5) is 2.84. The molecular weight excluding hydrogens is 250 g/mol. The van der Waals surface area contributed by atoms with E-state index in [1.165, 1.54) is 26.4 Å². The van der Waals surface area contributed by atoms with Crippen LogP contribution in [0.25, 0.3) is 0 Å². The molecule has 0 radical (unpaired) electrons. The highest BCUT2D eigenvalue weighted by Crippen LogP contribution is 2.29. The Morgan fingerprint density at radius 2 is 1.89 bits per heavy atom. The number of rotatable bonds is 5. The fraction of sp³-hybridized carbons (Fsp3) is 0.412. The number of benzene rings is 1. The van der Waals surface area contributed by atoms with Crippen molar-refractivity contribution >= 4 is 11.3 Å². The van der Waals surface area contributed by atoms with E-state index in [-0.39, 0.29) is 0 Å². The lowest BCUT2D eigenvalue weighted by molar-refractivity contribution is 0.548. The molecule has 1 aromatic heterocycles. The molecule has 1 nitrogen and oxygen atoms in total. The number of nitrogens with one attached hydrogen (secondary N) is 1. The van der Waals surface area contributed by atoms with Crippen LogP contribution in [0, 0.1) is 20.8 Å². The Kier molecular flexibility index (Phi) is 4.78. The molecule has 2 heteroatoms. The first-order valence-electron chi connectivity index (χ1n) is 6.96. The minimum Gasteiger partial charge on any atom is -0.310 e. The highest BCUT2D eigenvalue weighted by Gasteiger charge is 2.16. The molecule has 1 heterocycles. The zero-order valence-electron chi connectivity index (χ0n) is 12.3. The maximum Gasteiger partial charge on any atom is 0.0371 e. The van der Waals surface area contributed by atoms with Crippen LogP contribution in [0.15, 0.2) is 30.3 Å². The van der Waals surface area contributed by atoms with Crippen molar-refractivity contribution in [3.63, 3.8) is 0 Å². The SMILES string of the molecule is CCNC(Cc1ccccc1C)c1cc(C)sc1C. The fourth-order valence-corrected chi connectivity index (χ4v) is 3.58. The molecule has 1 unspecified atom stereocenters. The Morgan fingerprint density at radius 1 is 1.16 bits per heavy atom. The summed E-state index contributed by atoms with van der Waals surface area (Å²) in [6.07, 6.45) is 1.07. The predicted octanol–water partition coefficient (Wildman–Crippen LogP) is 4.57. The van der Waals surface area contributed by atoms with Crippen LogP contribution in [0.2, 0.25) is 0 Å². The van der Waals surface area contributed by atoms with Gasteiger partial charge in [0.05, 0.1) is 0 Å². The van der Waals surface area contributed by atoms with E-state index < -0.39 is 0 Å². The Bertz CT molecular complexity index is 542. The number of thiophene rings is 1. The molecule has 102 valence electrons. The van der Waals surface area contributed by atoms with Gasteiger partial charge in [-0.3, -0.25) is 0 Å². The summed E-state index contributed by atoms with van der Waals surface area (Å²) in [5.41, 5.74) is 4.29. The van der Waals surface area contributed by atoms with Gasteiger partial charge in [0, 0.05) is 15.8 Å². The molecule has 2 rings (SSSR count). The highest BCUT2D eigenvalue weighted by atomic mass is 32.1. The van der Waals surface area contributed by atoms with Gasteiger partial charge >= 0.3 is 0 Å². The minimum atomic E-state index is 0.427. The molecule has 1 aromatic carbocycles. The lowest BCUT2D eigenvalue weighted by Crippen LogP contribution is -2.23. The predicted molar refractivity (Wildman–Crippen MR) is 85.1 cm³/mol. The van der Waals surface area contributed by atoms with Crippen molar-refractivity contribution in [3.05, 3.63) is 56.8 Å². The molecule has 0 saturated carbocycles.